The molecule has 0 saturated heterocycles. The Morgan fingerprint density at radius 3 is 2.12 bits per heavy atom. The molecule has 0 bridgehead atoms. The Morgan fingerprint density at radius 1 is 0.848 bits per heavy atom. The van der Waals surface area contributed by atoms with Crippen LogP contribution in [0.1, 0.15) is 30.5 Å². The van der Waals surface area contributed by atoms with Crippen molar-refractivity contribution >= 4 is 35.0 Å². The van der Waals surface area contributed by atoms with E-state index in [1.165, 1.54) is 0 Å². The van der Waals surface area contributed by atoms with Crippen molar-refractivity contribution in [2.45, 2.75) is 39.4 Å². The quantitative estimate of drug-likeness (QED) is 0.412. The summed E-state index contributed by atoms with van der Waals surface area (Å²) in [5, 5.41) is 4.21. The van der Waals surface area contributed by atoms with E-state index in [2.05, 4.69) is 5.32 Å². The van der Waals surface area contributed by atoms with Crippen LogP contribution in [0, 0.1) is 5.92 Å². The average molecular weight is 483 g/mol. The van der Waals surface area contributed by atoms with Crippen molar-refractivity contribution in [1.29, 1.82) is 0 Å². The molecule has 0 aliphatic rings. The molecule has 0 unspecified atom stereocenters. The molecule has 33 heavy (non-hydrogen) atoms. The first-order chi connectivity index (χ1) is 15.8. The lowest BCUT2D eigenvalue weighted by Gasteiger charge is -2.33. The maximum atomic E-state index is 13.5. The molecule has 6 heteroatoms. The SMILES string of the molecule is CC(C)C(=O)N(Cc1ccc(Cl)cc1)[C@H](Cc1ccccc1)C(=O)NCc1ccccc1Cl. The van der Waals surface area contributed by atoms with E-state index in [0.29, 0.717) is 23.0 Å². The normalized spacial score (nSPS) is 11.8. The van der Waals surface area contributed by atoms with Gasteiger partial charge in [0.2, 0.25) is 11.8 Å². The summed E-state index contributed by atoms with van der Waals surface area (Å²) in [6, 6.07) is 23.8. The standard InChI is InChI=1S/C27H28Cl2N2O2/c1-19(2)27(33)31(18-21-12-14-23(28)15-13-21)25(16-20-8-4-3-5-9-20)26(32)30-17-22-10-6-7-11-24(22)29/h3-15,19,25H,16-18H2,1-2H3,(H,30,32)/t25-/m1/s1. The van der Waals surface area contributed by atoms with E-state index in [-0.39, 0.29) is 24.3 Å². The zero-order valence-electron chi connectivity index (χ0n) is 18.8. The van der Waals surface area contributed by atoms with Gasteiger partial charge in [0.25, 0.3) is 0 Å². The lowest BCUT2D eigenvalue weighted by atomic mass is 10.0. The zero-order valence-corrected chi connectivity index (χ0v) is 20.3. The van der Waals surface area contributed by atoms with Gasteiger partial charge in [-0.2, -0.15) is 0 Å². The van der Waals surface area contributed by atoms with Gasteiger partial charge >= 0.3 is 0 Å². The summed E-state index contributed by atoms with van der Waals surface area (Å²) in [5.41, 5.74) is 2.71. The van der Waals surface area contributed by atoms with E-state index in [0.717, 1.165) is 16.7 Å². The number of benzene rings is 3. The zero-order chi connectivity index (χ0) is 23.8. The van der Waals surface area contributed by atoms with Crippen LogP contribution in [0.3, 0.4) is 0 Å². The smallest absolute Gasteiger partial charge is 0.243 e. The molecule has 0 heterocycles. The first kappa shape index (κ1) is 24.8. The molecule has 1 atom stereocenters. The summed E-state index contributed by atoms with van der Waals surface area (Å²) in [4.78, 5) is 28.4. The van der Waals surface area contributed by atoms with E-state index < -0.39 is 6.04 Å². The molecule has 0 saturated carbocycles. The molecule has 4 nitrogen and oxygen atoms in total. The van der Waals surface area contributed by atoms with Gasteiger partial charge in [0.15, 0.2) is 0 Å². The van der Waals surface area contributed by atoms with E-state index in [4.69, 9.17) is 23.2 Å². The topological polar surface area (TPSA) is 49.4 Å². The van der Waals surface area contributed by atoms with Crippen LogP contribution in [0.25, 0.3) is 0 Å². The molecular weight excluding hydrogens is 455 g/mol. The fourth-order valence-electron chi connectivity index (χ4n) is 3.58. The minimum Gasteiger partial charge on any atom is -0.350 e. The van der Waals surface area contributed by atoms with Crippen LogP contribution in [0.5, 0.6) is 0 Å². The van der Waals surface area contributed by atoms with Gasteiger partial charge in [-0.05, 0) is 34.9 Å². The minimum absolute atomic E-state index is 0.0845. The summed E-state index contributed by atoms with van der Waals surface area (Å²) in [7, 11) is 0. The number of hydrogen-bond acceptors (Lipinski definition) is 2. The Bertz CT molecular complexity index is 1070. The summed E-state index contributed by atoms with van der Waals surface area (Å²) < 4.78 is 0. The number of hydrogen-bond donors (Lipinski definition) is 1. The van der Waals surface area contributed by atoms with E-state index in [9.17, 15) is 9.59 Å². The van der Waals surface area contributed by atoms with Crippen molar-refractivity contribution in [3.63, 3.8) is 0 Å². The summed E-state index contributed by atoms with van der Waals surface area (Å²) >= 11 is 12.3. The predicted octanol–water partition coefficient (Wildman–Crippen LogP) is 5.91. The number of rotatable bonds is 9. The molecule has 0 aliphatic heterocycles. The Kier molecular flexibility index (Phi) is 8.93. The molecule has 3 aromatic rings. The van der Waals surface area contributed by atoms with Gasteiger partial charge < -0.3 is 10.2 Å². The number of carbonyl (C=O) groups excluding carboxylic acids is 2. The van der Waals surface area contributed by atoms with Crippen molar-refractivity contribution in [2.75, 3.05) is 0 Å². The highest BCUT2D eigenvalue weighted by molar-refractivity contribution is 6.31. The maximum absolute atomic E-state index is 13.5. The van der Waals surface area contributed by atoms with Crippen LogP contribution in [-0.2, 0) is 29.1 Å². The highest BCUT2D eigenvalue weighted by atomic mass is 35.5. The summed E-state index contributed by atoms with van der Waals surface area (Å²) in [5.74, 6) is -0.563. The molecule has 3 aromatic carbocycles. The van der Waals surface area contributed by atoms with Gasteiger partial charge in [-0.1, -0.05) is 97.7 Å². The van der Waals surface area contributed by atoms with Crippen molar-refractivity contribution in [2.24, 2.45) is 5.92 Å². The third-order valence-corrected chi connectivity index (χ3v) is 6.03. The lowest BCUT2D eigenvalue weighted by molar-refractivity contribution is -0.143. The summed E-state index contributed by atoms with van der Waals surface area (Å²) in [6.07, 6.45) is 0.404. The van der Waals surface area contributed by atoms with Crippen molar-refractivity contribution in [1.82, 2.24) is 10.2 Å². The predicted molar refractivity (Wildman–Crippen MR) is 134 cm³/mol. The third kappa shape index (κ3) is 7.08. The number of amides is 2. The molecule has 0 fully saturated rings. The van der Waals surface area contributed by atoms with Gasteiger partial charge in [-0.3, -0.25) is 9.59 Å². The van der Waals surface area contributed by atoms with E-state index in [1.54, 1.807) is 23.1 Å². The number of halogens is 2. The van der Waals surface area contributed by atoms with E-state index >= 15 is 0 Å². The largest absolute Gasteiger partial charge is 0.350 e. The van der Waals surface area contributed by atoms with Gasteiger partial charge in [0.1, 0.15) is 6.04 Å². The fraction of sp³-hybridized carbons (Fsp3) is 0.259. The van der Waals surface area contributed by atoms with Gasteiger partial charge in [-0.15, -0.1) is 0 Å². The third-order valence-electron chi connectivity index (χ3n) is 5.40. The molecule has 1 N–H and O–H groups in total. The number of nitrogens with one attached hydrogen (secondary N) is 1. The monoisotopic (exact) mass is 482 g/mol. The molecule has 3 rings (SSSR count). The molecule has 172 valence electrons. The second kappa shape index (κ2) is 11.9. The second-order valence-electron chi connectivity index (χ2n) is 8.26. The Labute approximate surface area is 205 Å². The average Bonchev–Trinajstić information content (AvgIpc) is 2.82. The Hall–Kier alpha value is -2.82. The fourth-order valence-corrected chi connectivity index (χ4v) is 3.91. The van der Waals surface area contributed by atoms with Crippen LogP contribution in [0.4, 0.5) is 0 Å². The molecule has 0 aliphatic carbocycles. The van der Waals surface area contributed by atoms with Crippen molar-refractivity contribution < 1.29 is 9.59 Å². The Morgan fingerprint density at radius 2 is 1.48 bits per heavy atom. The highest BCUT2D eigenvalue weighted by Gasteiger charge is 2.31. The van der Waals surface area contributed by atoms with Crippen LogP contribution in [-0.4, -0.2) is 22.8 Å². The molecule has 0 spiro atoms. The minimum atomic E-state index is -0.680. The van der Waals surface area contributed by atoms with Crippen molar-refractivity contribution in [3.8, 4) is 0 Å². The maximum Gasteiger partial charge on any atom is 0.243 e. The molecule has 0 radical (unpaired) electrons. The van der Waals surface area contributed by atoms with Crippen LogP contribution in [0.15, 0.2) is 78.9 Å². The van der Waals surface area contributed by atoms with Crippen molar-refractivity contribution in [3.05, 3.63) is 106 Å². The van der Waals surface area contributed by atoms with Gasteiger partial charge in [0.05, 0.1) is 0 Å². The van der Waals surface area contributed by atoms with Gasteiger partial charge in [-0.25, -0.2) is 0 Å². The Balaban J connectivity index is 1.90. The summed E-state index contributed by atoms with van der Waals surface area (Å²) in [6.45, 7) is 4.29. The van der Waals surface area contributed by atoms with Crippen LogP contribution >= 0.6 is 23.2 Å². The molecular formula is C27H28Cl2N2O2. The first-order valence-corrected chi connectivity index (χ1v) is 11.7. The van der Waals surface area contributed by atoms with E-state index in [1.807, 2.05) is 74.5 Å². The highest BCUT2D eigenvalue weighted by Crippen LogP contribution is 2.20. The lowest BCUT2D eigenvalue weighted by Crippen LogP contribution is -2.51. The second-order valence-corrected chi connectivity index (χ2v) is 9.11. The number of carbonyl (C=O) groups is 2. The van der Waals surface area contributed by atoms with Crippen LogP contribution < -0.4 is 5.32 Å². The number of nitrogens with zero attached hydrogens (tertiary/aromatic N) is 1. The van der Waals surface area contributed by atoms with Gasteiger partial charge in [0, 0.05) is 35.5 Å². The first-order valence-electron chi connectivity index (χ1n) is 10.9. The molecule has 0 aromatic heterocycles. The van der Waals surface area contributed by atoms with Crippen LogP contribution in [0.2, 0.25) is 10.0 Å². The molecule has 2 amide bonds.